The molecule has 2 aromatic rings. The van der Waals surface area contributed by atoms with Gasteiger partial charge < -0.3 is 14.5 Å². The summed E-state index contributed by atoms with van der Waals surface area (Å²) in [6, 6.07) is 6.86. The van der Waals surface area contributed by atoms with E-state index in [4.69, 9.17) is 16.3 Å². The lowest BCUT2D eigenvalue weighted by molar-refractivity contribution is 0.309. The van der Waals surface area contributed by atoms with Crippen molar-refractivity contribution in [3.05, 3.63) is 34.2 Å². The van der Waals surface area contributed by atoms with Crippen molar-refractivity contribution in [2.75, 3.05) is 49.5 Å². The number of benzene rings is 1. The van der Waals surface area contributed by atoms with Crippen LogP contribution in [-0.4, -0.2) is 53.2 Å². The molecule has 0 bridgehead atoms. The number of halogens is 1. The maximum atomic E-state index is 12.6. The van der Waals surface area contributed by atoms with E-state index >= 15 is 0 Å². The number of rotatable bonds is 4. The standard InChI is InChI=1S/C17H20ClN3O3S2/c1-20-5-7-21(8-6-20)14-11-13(10-12-4-9-24-17(12)14)19-26(22,23)16-3-2-15(18)25-16/h2-3,10-11,19H,4-9H2,1H3. The van der Waals surface area contributed by atoms with Gasteiger partial charge in [0, 0.05) is 38.2 Å². The van der Waals surface area contributed by atoms with Gasteiger partial charge in [0.15, 0.2) is 0 Å². The SMILES string of the molecule is CN1CCN(c2cc(NS(=O)(=O)c3ccc(Cl)s3)cc3c2OCC3)CC1. The van der Waals surface area contributed by atoms with Gasteiger partial charge in [0.2, 0.25) is 0 Å². The van der Waals surface area contributed by atoms with Gasteiger partial charge in [0.25, 0.3) is 10.0 Å². The van der Waals surface area contributed by atoms with Crippen molar-refractivity contribution in [2.45, 2.75) is 10.6 Å². The monoisotopic (exact) mass is 413 g/mol. The number of nitrogens with zero attached hydrogens (tertiary/aromatic N) is 2. The molecule has 1 saturated heterocycles. The van der Waals surface area contributed by atoms with Crippen molar-refractivity contribution in [2.24, 2.45) is 0 Å². The third-order valence-corrected chi connectivity index (χ3v) is 7.78. The summed E-state index contributed by atoms with van der Waals surface area (Å²) in [4.78, 5) is 4.55. The van der Waals surface area contributed by atoms with Gasteiger partial charge in [-0.15, -0.1) is 11.3 Å². The van der Waals surface area contributed by atoms with E-state index in [2.05, 4.69) is 21.6 Å². The van der Waals surface area contributed by atoms with E-state index in [1.807, 2.05) is 12.1 Å². The molecule has 140 valence electrons. The second kappa shape index (κ2) is 6.92. The lowest BCUT2D eigenvalue weighted by Gasteiger charge is -2.35. The summed E-state index contributed by atoms with van der Waals surface area (Å²) in [5.41, 5.74) is 2.58. The molecule has 2 aliphatic rings. The number of nitrogens with one attached hydrogen (secondary N) is 1. The lowest BCUT2D eigenvalue weighted by atomic mass is 10.1. The van der Waals surface area contributed by atoms with Crippen LogP contribution in [0.15, 0.2) is 28.5 Å². The normalized spacial score (nSPS) is 17.8. The van der Waals surface area contributed by atoms with E-state index in [1.54, 1.807) is 6.07 Å². The van der Waals surface area contributed by atoms with Crippen LogP contribution in [0.5, 0.6) is 5.75 Å². The highest BCUT2D eigenvalue weighted by Gasteiger charge is 2.25. The van der Waals surface area contributed by atoms with E-state index in [0.29, 0.717) is 16.6 Å². The Morgan fingerprint density at radius 1 is 1.19 bits per heavy atom. The third kappa shape index (κ3) is 3.51. The first-order chi connectivity index (χ1) is 12.4. The maximum absolute atomic E-state index is 12.6. The molecule has 0 saturated carbocycles. The zero-order valence-corrected chi connectivity index (χ0v) is 16.8. The summed E-state index contributed by atoms with van der Waals surface area (Å²) in [5, 5.41) is 0. The third-order valence-electron chi connectivity index (χ3n) is 4.67. The van der Waals surface area contributed by atoms with Crippen molar-refractivity contribution in [1.82, 2.24) is 4.90 Å². The number of anilines is 2. The highest BCUT2D eigenvalue weighted by Crippen LogP contribution is 2.40. The van der Waals surface area contributed by atoms with E-state index in [-0.39, 0.29) is 4.21 Å². The molecule has 2 aliphatic heterocycles. The summed E-state index contributed by atoms with van der Waals surface area (Å²) < 4.78 is 34.5. The Morgan fingerprint density at radius 2 is 1.96 bits per heavy atom. The van der Waals surface area contributed by atoms with Crippen LogP contribution in [-0.2, 0) is 16.4 Å². The molecule has 6 nitrogen and oxygen atoms in total. The van der Waals surface area contributed by atoms with Gasteiger partial charge in [-0.2, -0.15) is 0 Å². The number of ether oxygens (including phenoxy) is 1. The number of hydrogen-bond donors (Lipinski definition) is 1. The topological polar surface area (TPSA) is 61.9 Å². The number of thiophene rings is 1. The molecular formula is C17H20ClN3O3S2. The molecule has 0 aliphatic carbocycles. The van der Waals surface area contributed by atoms with E-state index in [9.17, 15) is 8.42 Å². The van der Waals surface area contributed by atoms with Crippen LogP contribution < -0.4 is 14.4 Å². The van der Waals surface area contributed by atoms with Gasteiger partial charge in [-0.05, 0) is 31.3 Å². The fourth-order valence-corrected chi connectivity index (χ4v) is 5.80. The molecule has 0 unspecified atom stereocenters. The predicted molar refractivity (Wildman–Crippen MR) is 105 cm³/mol. The first-order valence-electron chi connectivity index (χ1n) is 8.44. The van der Waals surface area contributed by atoms with E-state index < -0.39 is 10.0 Å². The molecule has 1 aromatic heterocycles. The number of piperazine rings is 1. The van der Waals surface area contributed by atoms with Gasteiger partial charge in [0.05, 0.1) is 22.3 Å². The fourth-order valence-electron chi connectivity index (χ4n) is 3.28. The second-order valence-electron chi connectivity index (χ2n) is 6.54. The fraction of sp³-hybridized carbons (Fsp3) is 0.412. The highest BCUT2D eigenvalue weighted by molar-refractivity contribution is 7.94. The smallest absolute Gasteiger partial charge is 0.271 e. The lowest BCUT2D eigenvalue weighted by Crippen LogP contribution is -2.44. The average Bonchev–Trinajstić information content (AvgIpc) is 3.23. The van der Waals surface area contributed by atoms with Crippen molar-refractivity contribution in [3.63, 3.8) is 0 Å². The molecule has 0 atom stereocenters. The molecule has 0 amide bonds. The maximum Gasteiger partial charge on any atom is 0.271 e. The van der Waals surface area contributed by atoms with Crippen LogP contribution >= 0.6 is 22.9 Å². The van der Waals surface area contributed by atoms with Crippen LogP contribution in [0.4, 0.5) is 11.4 Å². The van der Waals surface area contributed by atoms with Crippen molar-refractivity contribution in [1.29, 1.82) is 0 Å². The number of likely N-dealkylation sites (N-methyl/N-ethyl adjacent to an activating group) is 1. The first kappa shape index (κ1) is 17.9. The number of fused-ring (bicyclic) bond motifs is 1. The largest absolute Gasteiger partial charge is 0.491 e. The van der Waals surface area contributed by atoms with Gasteiger partial charge in [0.1, 0.15) is 9.96 Å². The predicted octanol–water partition coefficient (Wildman–Crippen LogP) is 2.89. The molecule has 9 heteroatoms. The first-order valence-corrected chi connectivity index (χ1v) is 11.1. The van der Waals surface area contributed by atoms with Crippen molar-refractivity contribution in [3.8, 4) is 5.75 Å². The van der Waals surface area contributed by atoms with Gasteiger partial charge in [-0.1, -0.05) is 11.6 Å². The molecule has 0 spiro atoms. The van der Waals surface area contributed by atoms with Crippen molar-refractivity contribution < 1.29 is 13.2 Å². The van der Waals surface area contributed by atoms with Crippen LogP contribution in [0.2, 0.25) is 4.34 Å². The molecule has 1 aromatic carbocycles. The number of sulfonamides is 1. The summed E-state index contributed by atoms with van der Waals surface area (Å²) in [6.07, 6.45) is 0.788. The van der Waals surface area contributed by atoms with Crippen LogP contribution in [0.25, 0.3) is 0 Å². The Bertz CT molecular complexity index is 921. The zero-order chi connectivity index (χ0) is 18.3. The Labute approximate surface area is 162 Å². The highest BCUT2D eigenvalue weighted by atomic mass is 35.5. The molecule has 0 radical (unpaired) electrons. The molecule has 26 heavy (non-hydrogen) atoms. The zero-order valence-electron chi connectivity index (χ0n) is 14.4. The summed E-state index contributed by atoms with van der Waals surface area (Å²) in [6.45, 7) is 4.36. The Balaban J connectivity index is 1.66. The Kier molecular flexibility index (Phi) is 4.77. The van der Waals surface area contributed by atoms with E-state index in [1.165, 1.54) is 6.07 Å². The minimum absolute atomic E-state index is 0.209. The summed E-state index contributed by atoms with van der Waals surface area (Å²) in [5.74, 6) is 0.886. The van der Waals surface area contributed by atoms with Crippen LogP contribution in [0, 0.1) is 0 Å². The summed E-state index contributed by atoms with van der Waals surface area (Å²) in [7, 11) is -1.54. The molecular weight excluding hydrogens is 394 g/mol. The van der Waals surface area contributed by atoms with Gasteiger partial charge >= 0.3 is 0 Å². The minimum Gasteiger partial charge on any atom is -0.491 e. The quantitative estimate of drug-likeness (QED) is 0.835. The van der Waals surface area contributed by atoms with Crippen LogP contribution in [0.1, 0.15) is 5.56 Å². The molecule has 4 rings (SSSR count). The molecule has 3 heterocycles. The summed E-state index contributed by atoms with van der Waals surface area (Å²) >= 11 is 6.93. The van der Waals surface area contributed by atoms with Gasteiger partial charge in [-0.25, -0.2) is 8.42 Å². The Morgan fingerprint density at radius 3 is 2.65 bits per heavy atom. The van der Waals surface area contributed by atoms with E-state index in [0.717, 1.165) is 60.9 Å². The van der Waals surface area contributed by atoms with Gasteiger partial charge in [-0.3, -0.25) is 4.72 Å². The van der Waals surface area contributed by atoms with Crippen molar-refractivity contribution >= 4 is 44.3 Å². The molecule has 1 N–H and O–H groups in total. The average molecular weight is 414 g/mol. The minimum atomic E-state index is -3.65. The van der Waals surface area contributed by atoms with Crippen LogP contribution in [0.3, 0.4) is 0 Å². The Hall–Kier alpha value is -1.48. The second-order valence-corrected chi connectivity index (χ2v) is 10.2. The molecule has 1 fully saturated rings. The number of hydrogen-bond acceptors (Lipinski definition) is 6.